The number of rotatable bonds is 5. The van der Waals surface area contributed by atoms with Crippen molar-refractivity contribution in [1.82, 2.24) is 0 Å². The van der Waals surface area contributed by atoms with Crippen LogP contribution in [-0.4, -0.2) is 11.2 Å². The van der Waals surface area contributed by atoms with Gasteiger partial charge in [0.1, 0.15) is 0 Å². The summed E-state index contributed by atoms with van der Waals surface area (Å²) < 4.78 is 1.47. The molecule has 4 aliphatic carbocycles. The van der Waals surface area contributed by atoms with Crippen LogP contribution in [0.15, 0.2) is 10.1 Å². The maximum absolute atomic E-state index is 10.3. The fourth-order valence-electron chi connectivity index (χ4n) is 8.74. The van der Waals surface area contributed by atoms with Crippen LogP contribution in [0.1, 0.15) is 105 Å². The third kappa shape index (κ3) is 3.81. The molecule has 0 aromatic rings. The average Bonchev–Trinajstić information content (AvgIpc) is 3.00. The van der Waals surface area contributed by atoms with Crippen molar-refractivity contribution in [2.75, 3.05) is 0 Å². The van der Waals surface area contributed by atoms with Gasteiger partial charge in [0.2, 0.25) is 0 Å². The van der Waals surface area contributed by atoms with Gasteiger partial charge in [-0.05, 0) is 102 Å². The zero-order valence-electron chi connectivity index (χ0n) is 19.6. The lowest BCUT2D eigenvalue weighted by Crippen LogP contribution is -2.51. The molecule has 2 heteroatoms. The second-order valence-electron chi connectivity index (χ2n) is 12.3. The van der Waals surface area contributed by atoms with E-state index in [0.29, 0.717) is 10.8 Å². The van der Waals surface area contributed by atoms with Crippen LogP contribution in [0, 0.1) is 46.3 Å². The summed E-state index contributed by atoms with van der Waals surface area (Å²) in [5.74, 6) is 5.29. The van der Waals surface area contributed by atoms with Crippen molar-refractivity contribution in [2.24, 2.45) is 46.3 Å². The van der Waals surface area contributed by atoms with Crippen LogP contribution >= 0.6 is 15.9 Å². The number of halogens is 1. The molecule has 29 heavy (non-hydrogen) atoms. The van der Waals surface area contributed by atoms with E-state index in [2.05, 4.69) is 50.5 Å². The van der Waals surface area contributed by atoms with Crippen LogP contribution in [0.2, 0.25) is 0 Å². The number of aliphatic hydroxyl groups is 1. The maximum Gasteiger partial charge on any atom is 0.0578 e. The topological polar surface area (TPSA) is 20.2 Å². The van der Waals surface area contributed by atoms with Gasteiger partial charge in [-0.1, -0.05) is 75.4 Å². The highest BCUT2D eigenvalue weighted by molar-refractivity contribution is 9.11. The molecule has 0 amide bonds. The summed E-state index contributed by atoms with van der Waals surface area (Å²) in [6.07, 6.45) is 14.3. The van der Waals surface area contributed by atoms with Crippen molar-refractivity contribution in [3.05, 3.63) is 10.1 Å². The minimum Gasteiger partial charge on any atom is -0.393 e. The summed E-state index contributed by atoms with van der Waals surface area (Å²) in [5.41, 5.74) is 2.48. The van der Waals surface area contributed by atoms with Crippen molar-refractivity contribution < 1.29 is 5.11 Å². The Balaban J connectivity index is 1.53. The van der Waals surface area contributed by atoms with Crippen molar-refractivity contribution in [3.8, 4) is 0 Å². The molecule has 0 aliphatic heterocycles. The van der Waals surface area contributed by atoms with Crippen LogP contribution in [0.4, 0.5) is 0 Å². The monoisotopic (exact) mass is 464 g/mol. The minimum atomic E-state index is -0.112. The van der Waals surface area contributed by atoms with Crippen molar-refractivity contribution in [1.29, 1.82) is 0 Å². The van der Waals surface area contributed by atoms with Crippen LogP contribution in [-0.2, 0) is 0 Å². The molecule has 3 saturated carbocycles. The summed E-state index contributed by atoms with van der Waals surface area (Å²) in [7, 11) is 0. The lowest BCUT2D eigenvalue weighted by molar-refractivity contribution is -0.0578. The number of allylic oxidation sites excluding steroid dienone is 1. The molecule has 0 bridgehead atoms. The van der Waals surface area contributed by atoms with E-state index in [-0.39, 0.29) is 6.10 Å². The molecule has 4 aliphatic rings. The predicted molar refractivity (Wildman–Crippen MR) is 127 cm³/mol. The Kier molecular flexibility index (Phi) is 6.38. The van der Waals surface area contributed by atoms with E-state index < -0.39 is 0 Å². The van der Waals surface area contributed by atoms with E-state index in [1.807, 2.05) is 0 Å². The summed E-state index contributed by atoms with van der Waals surface area (Å²) in [5, 5.41) is 10.3. The molecule has 3 fully saturated rings. The largest absolute Gasteiger partial charge is 0.393 e. The van der Waals surface area contributed by atoms with Gasteiger partial charge in [0.25, 0.3) is 0 Å². The zero-order valence-corrected chi connectivity index (χ0v) is 21.2. The number of hydrogen-bond donors (Lipinski definition) is 1. The van der Waals surface area contributed by atoms with Crippen LogP contribution < -0.4 is 0 Å². The van der Waals surface area contributed by atoms with Crippen LogP contribution in [0.25, 0.3) is 0 Å². The highest BCUT2D eigenvalue weighted by Crippen LogP contribution is 2.68. The first kappa shape index (κ1) is 22.4. The molecule has 8 atom stereocenters. The fraction of sp³-hybridized carbons (Fsp3) is 0.926. The fourth-order valence-corrected chi connectivity index (χ4v) is 9.72. The second kappa shape index (κ2) is 8.27. The normalized spacial score (nSPS) is 45.7. The first-order valence-electron chi connectivity index (χ1n) is 12.7. The summed E-state index contributed by atoms with van der Waals surface area (Å²) >= 11 is 4.03. The smallest absolute Gasteiger partial charge is 0.0578 e. The Morgan fingerprint density at radius 1 is 0.966 bits per heavy atom. The summed E-state index contributed by atoms with van der Waals surface area (Å²) in [6.45, 7) is 12.5. The molecular weight excluding hydrogens is 420 g/mol. The Morgan fingerprint density at radius 2 is 1.72 bits per heavy atom. The second-order valence-corrected chi connectivity index (χ2v) is 13.3. The number of aliphatic hydroxyl groups excluding tert-OH is 1. The molecule has 1 nitrogen and oxygen atoms in total. The third-order valence-corrected chi connectivity index (χ3v) is 11.1. The molecular formula is C27H45BrO. The highest BCUT2D eigenvalue weighted by Gasteiger charge is 2.59. The molecule has 4 rings (SSSR count). The van der Waals surface area contributed by atoms with Gasteiger partial charge in [0, 0.05) is 0 Å². The Morgan fingerprint density at radius 3 is 2.45 bits per heavy atom. The van der Waals surface area contributed by atoms with Gasteiger partial charge in [-0.25, -0.2) is 0 Å². The van der Waals surface area contributed by atoms with E-state index in [0.717, 1.165) is 48.3 Å². The van der Waals surface area contributed by atoms with Gasteiger partial charge in [-0.15, -0.1) is 0 Å². The van der Waals surface area contributed by atoms with E-state index in [1.165, 1.54) is 62.3 Å². The molecule has 0 aromatic heterocycles. The Bertz CT molecular complexity index is 638. The van der Waals surface area contributed by atoms with Crippen molar-refractivity contribution in [2.45, 2.75) is 111 Å². The van der Waals surface area contributed by atoms with E-state index in [9.17, 15) is 5.11 Å². The Labute approximate surface area is 188 Å². The molecule has 166 valence electrons. The molecule has 0 saturated heterocycles. The molecule has 1 N–H and O–H groups in total. The Hall–Kier alpha value is 0.180. The van der Waals surface area contributed by atoms with Gasteiger partial charge >= 0.3 is 0 Å². The van der Waals surface area contributed by atoms with Crippen molar-refractivity contribution in [3.63, 3.8) is 0 Å². The lowest BCUT2D eigenvalue weighted by atomic mass is 9.47. The van der Waals surface area contributed by atoms with Crippen molar-refractivity contribution >= 4 is 15.9 Å². The highest BCUT2D eigenvalue weighted by atomic mass is 79.9. The van der Waals surface area contributed by atoms with E-state index in [1.54, 1.807) is 5.57 Å². The van der Waals surface area contributed by atoms with E-state index >= 15 is 0 Å². The standard InChI is InChI=1S/C27H45BrO/c1-17(2)7-6-8-18(3)21-9-10-22-20-16-25(28)24-15-19(29)11-13-27(24,5)23(20)12-14-26(21,22)4/h17-23,29H,6-16H2,1-5H3/t18-,19?,20+,21-,22+,23+,26-,27-/m1/s1. The lowest BCUT2D eigenvalue weighted by Gasteiger charge is -2.59. The quantitative estimate of drug-likeness (QED) is 0.435. The average molecular weight is 466 g/mol. The van der Waals surface area contributed by atoms with E-state index in [4.69, 9.17) is 0 Å². The zero-order chi connectivity index (χ0) is 21.0. The molecule has 1 unspecified atom stereocenters. The van der Waals surface area contributed by atoms with Gasteiger partial charge in [0.05, 0.1) is 6.10 Å². The molecule has 0 spiro atoms. The van der Waals surface area contributed by atoms with Crippen LogP contribution in [0.3, 0.4) is 0 Å². The number of fused-ring (bicyclic) bond motifs is 5. The number of hydrogen-bond acceptors (Lipinski definition) is 1. The van der Waals surface area contributed by atoms with Gasteiger partial charge < -0.3 is 5.11 Å². The third-order valence-electron chi connectivity index (χ3n) is 10.3. The molecule has 0 radical (unpaired) electrons. The first-order chi connectivity index (χ1) is 13.7. The first-order valence-corrected chi connectivity index (χ1v) is 13.5. The SMILES string of the molecule is CC(C)CCC[C@@H](C)[C@H]1CC[C@H]2[C@@H]3CC(Br)=C4CC(O)CC[C@]4(C)[C@H]3CC[C@]12C. The van der Waals surface area contributed by atoms with Gasteiger partial charge in [0.15, 0.2) is 0 Å². The molecule has 0 aromatic carbocycles. The maximum atomic E-state index is 10.3. The molecule has 0 heterocycles. The summed E-state index contributed by atoms with van der Waals surface area (Å²) in [4.78, 5) is 0. The predicted octanol–water partition coefficient (Wildman–Crippen LogP) is 8.11. The van der Waals surface area contributed by atoms with Crippen LogP contribution in [0.5, 0.6) is 0 Å². The minimum absolute atomic E-state index is 0.112. The van der Waals surface area contributed by atoms with Gasteiger partial charge in [-0.3, -0.25) is 0 Å². The van der Waals surface area contributed by atoms with Gasteiger partial charge in [-0.2, -0.15) is 0 Å². The summed E-state index contributed by atoms with van der Waals surface area (Å²) in [6, 6.07) is 0.